The molecule has 0 saturated heterocycles. The summed E-state index contributed by atoms with van der Waals surface area (Å²) in [7, 11) is 0. The number of benzene rings is 3. The SMILES string of the molecule is CCCCCCCCOc1ccccc1C(=O)Oc1ccc(C(=O)Oc2ccc(C(C)C(=O)OCCCCCC)cc2)cc1. The third-order valence-corrected chi connectivity index (χ3v) is 7.35. The Bertz CT molecular complexity index is 1300. The van der Waals surface area contributed by atoms with Crippen LogP contribution in [0.3, 0.4) is 0 Å². The zero-order valence-corrected chi connectivity index (χ0v) is 26.3. The third kappa shape index (κ3) is 11.5. The fourth-order valence-electron chi connectivity index (χ4n) is 4.60. The Balaban J connectivity index is 1.48. The van der Waals surface area contributed by atoms with Crippen molar-refractivity contribution in [1.82, 2.24) is 0 Å². The first-order valence-corrected chi connectivity index (χ1v) is 16.0. The van der Waals surface area contributed by atoms with Gasteiger partial charge in [0.25, 0.3) is 0 Å². The molecule has 1 atom stereocenters. The van der Waals surface area contributed by atoms with E-state index in [0.29, 0.717) is 41.6 Å². The van der Waals surface area contributed by atoms with Gasteiger partial charge >= 0.3 is 17.9 Å². The molecular weight excluding hydrogens is 556 g/mol. The normalized spacial score (nSPS) is 11.4. The molecule has 0 amide bonds. The van der Waals surface area contributed by atoms with Crippen molar-refractivity contribution < 1.29 is 33.3 Å². The van der Waals surface area contributed by atoms with Gasteiger partial charge in [-0.2, -0.15) is 0 Å². The van der Waals surface area contributed by atoms with Crippen LogP contribution < -0.4 is 14.2 Å². The quantitative estimate of drug-likeness (QED) is 0.0768. The van der Waals surface area contributed by atoms with Crippen LogP contribution in [-0.4, -0.2) is 31.1 Å². The van der Waals surface area contributed by atoms with Crippen molar-refractivity contribution in [2.75, 3.05) is 13.2 Å². The Morgan fingerprint density at radius 1 is 0.614 bits per heavy atom. The predicted octanol–water partition coefficient (Wildman–Crippen LogP) is 9.09. The Morgan fingerprint density at radius 2 is 1.16 bits per heavy atom. The number of carbonyl (C=O) groups excluding carboxylic acids is 3. The first-order valence-electron chi connectivity index (χ1n) is 16.0. The molecule has 7 nitrogen and oxygen atoms in total. The fraction of sp³-hybridized carbons (Fsp3) is 0.432. The topological polar surface area (TPSA) is 88.1 Å². The molecule has 0 aliphatic heterocycles. The average Bonchev–Trinajstić information content (AvgIpc) is 3.04. The van der Waals surface area contributed by atoms with E-state index >= 15 is 0 Å². The fourth-order valence-corrected chi connectivity index (χ4v) is 4.60. The van der Waals surface area contributed by atoms with Crippen LogP contribution in [0.25, 0.3) is 0 Å². The van der Waals surface area contributed by atoms with E-state index < -0.39 is 17.9 Å². The highest BCUT2D eigenvalue weighted by Crippen LogP contribution is 2.24. The second-order valence-corrected chi connectivity index (χ2v) is 10.9. The van der Waals surface area contributed by atoms with Gasteiger partial charge in [0, 0.05) is 0 Å². The van der Waals surface area contributed by atoms with Crippen molar-refractivity contribution in [2.24, 2.45) is 0 Å². The number of para-hydroxylation sites is 1. The molecule has 0 aliphatic carbocycles. The summed E-state index contributed by atoms with van der Waals surface area (Å²) in [4.78, 5) is 38.0. The van der Waals surface area contributed by atoms with Gasteiger partial charge in [-0.25, -0.2) is 9.59 Å². The van der Waals surface area contributed by atoms with Gasteiger partial charge in [0.15, 0.2) is 0 Å². The number of hydrogen-bond acceptors (Lipinski definition) is 7. The van der Waals surface area contributed by atoms with E-state index in [1.165, 1.54) is 25.7 Å². The molecule has 7 heteroatoms. The minimum absolute atomic E-state index is 0.267. The standard InChI is InChI=1S/C37H46O7/c1-4-6-8-10-11-15-26-41-34-17-13-12-16-33(34)37(40)44-32-24-20-30(21-25-32)36(39)43-31-22-18-29(19-23-31)28(3)35(38)42-27-14-9-7-5-2/h12-13,16-25,28H,4-11,14-15,26-27H2,1-3H3. The largest absolute Gasteiger partial charge is 0.493 e. The van der Waals surface area contributed by atoms with E-state index in [-0.39, 0.29) is 5.97 Å². The maximum absolute atomic E-state index is 12.9. The molecule has 236 valence electrons. The van der Waals surface area contributed by atoms with Crippen LogP contribution in [0.5, 0.6) is 17.2 Å². The van der Waals surface area contributed by atoms with Gasteiger partial charge in [0.1, 0.15) is 22.8 Å². The van der Waals surface area contributed by atoms with E-state index in [1.807, 2.05) is 6.07 Å². The van der Waals surface area contributed by atoms with E-state index in [1.54, 1.807) is 73.7 Å². The molecule has 1 unspecified atom stereocenters. The second kappa shape index (κ2) is 19.2. The van der Waals surface area contributed by atoms with Crippen molar-refractivity contribution in [3.63, 3.8) is 0 Å². The summed E-state index contributed by atoms with van der Waals surface area (Å²) in [6.07, 6.45) is 11.1. The van der Waals surface area contributed by atoms with Crippen LogP contribution in [0.4, 0.5) is 0 Å². The summed E-state index contributed by atoms with van der Waals surface area (Å²) in [6, 6.07) is 20.0. The van der Waals surface area contributed by atoms with Gasteiger partial charge in [0.2, 0.25) is 0 Å². The lowest BCUT2D eigenvalue weighted by Gasteiger charge is -2.13. The maximum Gasteiger partial charge on any atom is 0.347 e. The highest BCUT2D eigenvalue weighted by molar-refractivity contribution is 5.94. The van der Waals surface area contributed by atoms with Crippen LogP contribution in [0, 0.1) is 0 Å². The highest BCUT2D eigenvalue weighted by Gasteiger charge is 2.18. The molecule has 3 aromatic rings. The van der Waals surface area contributed by atoms with Crippen molar-refractivity contribution in [2.45, 2.75) is 90.9 Å². The maximum atomic E-state index is 12.9. The molecule has 0 N–H and O–H groups in total. The van der Waals surface area contributed by atoms with Crippen molar-refractivity contribution >= 4 is 17.9 Å². The first kappa shape index (κ1) is 34.4. The molecule has 3 aromatic carbocycles. The predicted molar refractivity (Wildman–Crippen MR) is 172 cm³/mol. The minimum atomic E-state index is -0.552. The highest BCUT2D eigenvalue weighted by atomic mass is 16.5. The van der Waals surface area contributed by atoms with Crippen LogP contribution in [-0.2, 0) is 9.53 Å². The number of hydrogen-bond donors (Lipinski definition) is 0. The molecular formula is C37H46O7. The molecule has 0 radical (unpaired) electrons. The summed E-state index contributed by atoms with van der Waals surface area (Å²) >= 11 is 0. The van der Waals surface area contributed by atoms with Gasteiger partial charge in [-0.3, -0.25) is 4.79 Å². The molecule has 0 bridgehead atoms. The Kier molecular flexibility index (Phi) is 15.0. The molecule has 0 saturated carbocycles. The monoisotopic (exact) mass is 602 g/mol. The summed E-state index contributed by atoms with van der Waals surface area (Å²) in [5.41, 5.74) is 1.43. The van der Waals surface area contributed by atoms with Gasteiger partial charge in [-0.15, -0.1) is 0 Å². The molecule has 0 fully saturated rings. The molecule has 0 aliphatic rings. The summed E-state index contributed by atoms with van der Waals surface area (Å²) in [6.45, 7) is 7.10. The molecule has 0 heterocycles. The van der Waals surface area contributed by atoms with Crippen LogP contribution >= 0.6 is 0 Å². The number of carbonyl (C=O) groups is 3. The van der Waals surface area contributed by atoms with Gasteiger partial charge in [-0.1, -0.05) is 89.5 Å². The number of esters is 3. The van der Waals surface area contributed by atoms with E-state index in [4.69, 9.17) is 18.9 Å². The first-order chi connectivity index (χ1) is 21.4. The van der Waals surface area contributed by atoms with Crippen LogP contribution in [0.2, 0.25) is 0 Å². The Morgan fingerprint density at radius 3 is 1.84 bits per heavy atom. The zero-order valence-electron chi connectivity index (χ0n) is 26.3. The average molecular weight is 603 g/mol. The van der Waals surface area contributed by atoms with Crippen molar-refractivity contribution in [3.05, 3.63) is 89.5 Å². The molecule has 3 rings (SSSR count). The molecule has 44 heavy (non-hydrogen) atoms. The smallest absolute Gasteiger partial charge is 0.347 e. The summed E-state index contributed by atoms with van der Waals surface area (Å²) in [5, 5.41) is 0. The lowest BCUT2D eigenvalue weighted by molar-refractivity contribution is -0.145. The second-order valence-electron chi connectivity index (χ2n) is 10.9. The third-order valence-electron chi connectivity index (χ3n) is 7.35. The van der Waals surface area contributed by atoms with E-state index in [0.717, 1.165) is 44.1 Å². The zero-order chi connectivity index (χ0) is 31.6. The van der Waals surface area contributed by atoms with Gasteiger partial charge in [-0.05, 0) is 73.9 Å². The van der Waals surface area contributed by atoms with Gasteiger partial charge in [0.05, 0.1) is 24.7 Å². The summed E-state index contributed by atoms with van der Waals surface area (Å²) in [5.74, 6) is -0.626. The number of unbranched alkanes of at least 4 members (excludes halogenated alkanes) is 8. The van der Waals surface area contributed by atoms with Gasteiger partial charge < -0.3 is 18.9 Å². The lowest BCUT2D eigenvalue weighted by atomic mass is 10.0. The molecule has 0 spiro atoms. The van der Waals surface area contributed by atoms with Crippen molar-refractivity contribution in [1.29, 1.82) is 0 Å². The Hall–Kier alpha value is -4.13. The lowest BCUT2D eigenvalue weighted by Crippen LogP contribution is -2.14. The van der Waals surface area contributed by atoms with Crippen LogP contribution in [0.1, 0.15) is 117 Å². The van der Waals surface area contributed by atoms with Crippen LogP contribution in [0.15, 0.2) is 72.8 Å². The number of rotatable bonds is 19. The molecule has 0 aromatic heterocycles. The number of ether oxygens (including phenoxy) is 4. The van der Waals surface area contributed by atoms with E-state index in [9.17, 15) is 14.4 Å². The summed E-state index contributed by atoms with van der Waals surface area (Å²) < 4.78 is 22.3. The minimum Gasteiger partial charge on any atom is -0.493 e. The van der Waals surface area contributed by atoms with E-state index in [2.05, 4.69) is 13.8 Å². The Labute approximate surface area is 261 Å². The van der Waals surface area contributed by atoms with Crippen molar-refractivity contribution in [3.8, 4) is 17.2 Å².